The molecule has 0 aliphatic rings. The number of hydrogen-bond donors (Lipinski definition) is 0. The highest BCUT2D eigenvalue weighted by Crippen LogP contribution is 2.24. The van der Waals surface area contributed by atoms with Gasteiger partial charge in [0.05, 0.1) is 11.3 Å². The van der Waals surface area contributed by atoms with Crippen molar-refractivity contribution in [3.8, 4) is 5.13 Å². The Morgan fingerprint density at radius 1 is 1.46 bits per heavy atom. The minimum atomic E-state index is -0.598. The van der Waals surface area contributed by atoms with Crippen LogP contribution in [-0.4, -0.2) is 30.0 Å². The molecule has 0 unspecified atom stereocenters. The van der Waals surface area contributed by atoms with Crippen LogP contribution in [0.3, 0.4) is 0 Å². The summed E-state index contributed by atoms with van der Waals surface area (Å²) in [5.74, 6) is -0.480. The summed E-state index contributed by atoms with van der Waals surface area (Å²) in [5, 5.41) is 17.3. The average molecular weight is 410 g/mol. The minimum absolute atomic E-state index is 0.0748. The maximum absolute atomic E-state index is 12.6. The molecule has 3 aromatic heterocycles. The summed E-state index contributed by atoms with van der Waals surface area (Å²) in [6.45, 7) is 3.68. The molecular weight excluding hydrogens is 398 g/mol. The molecule has 8 nitrogen and oxygen atoms in total. The fourth-order valence-corrected chi connectivity index (χ4v) is 3.70. The standard InChI is InChI=1S/C14H12BrN5O3S/c1-8-5-10(9(2)19(8)14-16-3-4-24-14)12(21)7-18-6-11(15)13(17-18)20(22)23/h3-6H,7H2,1-2H3. The van der Waals surface area contributed by atoms with E-state index in [4.69, 9.17) is 0 Å². The Morgan fingerprint density at radius 2 is 2.21 bits per heavy atom. The Hall–Kier alpha value is -2.33. The van der Waals surface area contributed by atoms with Crippen LogP contribution < -0.4 is 0 Å². The number of aryl methyl sites for hydroxylation is 1. The van der Waals surface area contributed by atoms with E-state index in [1.165, 1.54) is 22.2 Å². The van der Waals surface area contributed by atoms with Gasteiger partial charge in [-0.1, -0.05) is 0 Å². The molecule has 0 aliphatic carbocycles. The molecule has 0 aromatic carbocycles. The number of carbonyl (C=O) groups excluding carboxylic acids is 1. The van der Waals surface area contributed by atoms with Crippen molar-refractivity contribution in [3.05, 3.63) is 55.4 Å². The molecule has 10 heteroatoms. The number of aromatic nitrogens is 4. The molecule has 0 atom stereocenters. The van der Waals surface area contributed by atoms with Crippen molar-refractivity contribution in [3.63, 3.8) is 0 Å². The number of nitro groups is 1. The molecule has 24 heavy (non-hydrogen) atoms. The van der Waals surface area contributed by atoms with E-state index >= 15 is 0 Å². The summed E-state index contributed by atoms with van der Waals surface area (Å²) in [7, 11) is 0. The van der Waals surface area contributed by atoms with Crippen molar-refractivity contribution in [1.82, 2.24) is 19.3 Å². The maximum Gasteiger partial charge on any atom is 0.404 e. The largest absolute Gasteiger partial charge is 0.404 e. The Kier molecular flexibility index (Phi) is 4.33. The highest BCUT2D eigenvalue weighted by atomic mass is 79.9. The van der Waals surface area contributed by atoms with Gasteiger partial charge in [-0.25, -0.2) is 4.98 Å². The van der Waals surface area contributed by atoms with E-state index < -0.39 is 4.92 Å². The summed E-state index contributed by atoms with van der Waals surface area (Å²) in [6, 6.07) is 1.80. The van der Waals surface area contributed by atoms with Gasteiger partial charge in [-0.15, -0.1) is 11.3 Å². The first-order valence-electron chi connectivity index (χ1n) is 6.88. The van der Waals surface area contributed by atoms with E-state index in [0.717, 1.165) is 16.5 Å². The monoisotopic (exact) mass is 409 g/mol. The first-order valence-corrected chi connectivity index (χ1v) is 8.55. The predicted molar refractivity (Wildman–Crippen MR) is 91.8 cm³/mol. The zero-order valence-electron chi connectivity index (χ0n) is 12.8. The smallest absolute Gasteiger partial charge is 0.358 e. The van der Waals surface area contributed by atoms with E-state index in [1.807, 2.05) is 23.8 Å². The lowest BCUT2D eigenvalue weighted by Crippen LogP contribution is -2.12. The Labute approximate surface area is 149 Å². The van der Waals surface area contributed by atoms with Gasteiger partial charge in [-0.2, -0.15) is 4.68 Å². The number of rotatable bonds is 5. The number of nitrogens with zero attached hydrogens (tertiary/aromatic N) is 5. The van der Waals surface area contributed by atoms with Crippen molar-refractivity contribution in [1.29, 1.82) is 0 Å². The van der Waals surface area contributed by atoms with Crippen LogP contribution in [0.4, 0.5) is 5.82 Å². The van der Waals surface area contributed by atoms with E-state index in [9.17, 15) is 14.9 Å². The summed E-state index contributed by atoms with van der Waals surface area (Å²) in [6.07, 6.45) is 3.14. The summed E-state index contributed by atoms with van der Waals surface area (Å²) in [4.78, 5) is 27.1. The SMILES string of the molecule is Cc1cc(C(=O)Cn2cc(Br)c([N+](=O)[O-])n2)c(C)n1-c1nccs1. The third-order valence-corrected chi connectivity index (χ3v) is 4.84. The molecule has 3 aromatic rings. The fraction of sp³-hybridized carbons (Fsp3) is 0.214. The molecule has 0 saturated heterocycles. The van der Waals surface area contributed by atoms with Crippen LogP contribution in [0.2, 0.25) is 0 Å². The molecule has 0 spiro atoms. The van der Waals surface area contributed by atoms with E-state index in [0.29, 0.717) is 5.56 Å². The first kappa shape index (κ1) is 16.5. The van der Waals surface area contributed by atoms with Crippen molar-refractivity contribution in [2.75, 3.05) is 0 Å². The second-order valence-corrected chi connectivity index (χ2v) is 6.84. The van der Waals surface area contributed by atoms with Gasteiger partial charge in [0.1, 0.15) is 11.0 Å². The number of hydrogen-bond acceptors (Lipinski definition) is 6. The second-order valence-electron chi connectivity index (χ2n) is 5.11. The van der Waals surface area contributed by atoms with Crippen LogP contribution in [0.5, 0.6) is 0 Å². The molecule has 0 saturated carbocycles. The molecule has 124 valence electrons. The topological polar surface area (TPSA) is 95.9 Å². The second kappa shape index (κ2) is 6.29. The van der Waals surface area contributed by atoms with Crippen molar-refractivity contribution < 1.29 is 9.72 Å². The van der Waals surface area contributed by atoms with E-state index in [1.54, 1.807) is 12.3 Å². The minimum Gasteiger partial charge on any atom is -0.358 e. The summed E-state index contributed by atoms with van der Waals surface area (Å²) < 4.78 is 3.42. The van der Waals surface area contributed by atoms with Crippen LogP contribution in [0.25, 0.3) is 5.13 Å². The van der Waals surface area contributed by atoms with Gasteiger partial charge in [-0.3, -0.25) is 9.36 Å². The van der Waals surface area contributed by atoms with Gasteiger partial charge in [0, 0.05) is 28.5 Å². The molecule has 3 heterocycles. The van der Waals surface area contributed by atoms with Crippen molar-refractivity contribution >= 4 is 38.9 Å². The summed E-state index contributed by atoms with van der Waals surface area (Å²) >= 11 is 4.56. The highest BCUT2D eigenvalue weighted by Gasteiger charge is 2.23. The Balaban J connectivity index is 1.90. The number of carbonyl (C=O) groups is 1. The van der Waals surface area contributed by atoms with E-state index in [-0.39, 0.29) is 22.6 Å². The Morgan fingerprint density at radius 3 is 2.79 bits per heavy atom. The number of Topliss-reactive ketones (excluding diaryl/α,β-unsaturated/α-hetero) is 1. The van der Waals surface area contributed by atoms with Gasteiger partial charge in [0.2, 0.25) is 0 Å². The van der Waals surface area contributed by atoms with Crippen molar-refractivity contribution in [2.24, 2.45) is 0 Å². The van der Waals surface area contributed by atoms with Crippen LogP contribution in [0, 0.1) is 24.0 Å². The van der Waals surface area contributed by atoms with E-state index in [2.05, 4.69) is 26.0 Å². The summed E-state index contributed by atoms with van der Waals surface area (Å²) in [5.41, 5.74) is 2.24. The van der Waals surface area contributed by atoms with Crippen LogP contribution in [-0.2, 0) is 6.54 Å². The predicted octanol–water partition coefficient (Wildman–Crippen LogP) is 3.30. The van der Waals surface area contributed by atoms with Gasteiger partial charge < -0.3 is 10.1 Å². The van der Waals surface area contributed by atoms with Gasteiger partial charge in [0.15, 0.2) is 10.9 Å². The molecule has 0 radical (unpaired) electrons. The number of halogens is 1. The molecule has 3 rings (SSSR count). The quantitative estimate of drug-likeness (QED) is 0.365. The molecule has 0 aliphatic heterocycles. The molecule has 0 N–H and O–H groups in total. The van der Waals surface area contributed by atoms with Gasteiger partial charge in [-0.05, 0) is 40.8 Å². The van der Waals surface area contributed by atoms with Gasteiger partial charge in [0.25, 0.3) is 0 Å². The molecular formula is C14H12BrN5O3S. The lowest BCUT2D eigenvalue weighted by Gasteiger charge is -2.05. The lowest BCUT2D eigenvalue weighted by atomic mass is 10.1. The van der Waals surface area contributed by atoms with Crippen LogP contribution >= 0.6 is 27.3 Å². The zero-order chi connectivity index (χ0) is 17.4. The average Bonchev–Trinajstić information content (AvgIpc) is 3.19. The highest BCUT2D eigenvalue weighted by molar-refractivity contribution is 9.10. The fourth-order valence-electron chi connectivity index (χ4n) is 2.49. The van der Waals surface area contributed by atoms with Crippen molar-refractivity contribution in [2.45, 2.75) is 20.4 Å². The zero-order valence-corrected chi connectivity index (χ0v) is 15.2. The lowest BCUT2D eigenvalue weighted by molar-refractivity contribution is -0.390. The Bertz CT molecular complexity index is 929. The number of ketones is 1. The maximum atomic E-state index is 12.6. The van der Waals surface area contributed by atoms with Gasteiger partial charge >= 0.3 is 5.82 Å². The molecule has 0 bridgehead atoms. The van der Waals surface area contributed by atoms with Crippen LogP contribution in [0.15, 0.2) is 28.3 Å². The molecule has 0 amide bonds. The number of thiazole rings is 1. The van der Waals surface area contributed by atoms with Crippen LogP contribution in [0.1, 0.15) is 21.7 Å². The third-order valence-electron chi connectivity index (χ3n) is 3.52. The molecule has 0 fully saturated rings. The third kappa shape index (κ3) is 2.89. The normalized spacial score (nSPS) is 11.0. The first-order chi connectivity index (χ1) is 11.4.